The standard InChI is InChI=1S/C8H8ClI/c1-2-6-3-4-7(9)8(10)5-6/h3-5H,2H2,1H3. The van der Waals surface area contributed by atoms with Gasteiger partial charge in [0, 0.05) is 3.57 Å². The molecule has 0 nitrogen and oxygen atoms in total. The van der Waals surface area contributed by atoms with Gasteiger partial charge in [0.05, 0.1) is 5.02 Å². The highest BCUT2D eigenvalue weighted by atomic mass is 127. The molecule has 0 atom stereocenters. The van der Waals surface area contributed by atoms with Crippen LogP contribution in [0.2, 0.25) is 5.02 Å². The minimum absolute atomic E-state index is 0.845. The van der Waals surface area contributed by atoms with Crippen LogP contribution in [0.5, 0.6) is 0 Å². The predicted molar refractivity (Wildman–Crippen MR) is 53.5 cm³/mol. The van der Waals surface area contributed by atoms with Gasteiger partial charge in [-0.25, -0.2) is 0 Å². The summed E-state index contributed by atoms with van der Waals surface area (Å²) in [6, 6.07) is 6.12. The van der Waals surface area contributed by atoms with Gasteiger partial charge in [-0.1, -0.05) is 24.6 Å². The first kappa shape index (κ1) is 8.34. The van der Waals surface area contributed by atoms with E-state index < -0.39 is 0 Å². The Morgan fingerprint density at radius 1 is 1.50 bits per heavy atom. The third-order valence-electron chi connectivity index (χ3n) is 1.39. The van der Waals surface area contributed by atoms with Gasteiger partial charge in [0.15, 0.2) is 0 Å². The molecule has 0 heterocycles. The second-order valence-corrected chi connectivity index (χ2v) is 3.67. The lowest BCUT2D eigenvalue weighted by atomic mass is 10.2. The Morgan fingerprint density at radius 2 is 2.20 bits per heavy atom. The van der Waals surface area contributed by atoms with Gasteiger partial charge in [-0.2, -0.15) is 0 Å². The molecule has 0 aliphatic carbocycles. The minimum Gasteiger partial charge on any atom is -0.0832 e. The van der Waals surface area contributed by atoms with Gasteiger partial charge in [0.25, 0.3) is 0 Å². The van der Waals surface area contributed by atoms with Crippen LogP contribution in [0.15, 0.2) is 18.2 Å². The molecule has 0 saturated heterocycles. The fourth-order valence-electron chi connectivity index (χ4n) is 0.760. The quantitative estimate of drug-likeness (QED) is 0.683. The van der Waals surface area contributed by atoms with Gasteiger partial charge in [-0.3, -0.25) is 0 Å². The van der Waals surface area contributed by atoms with Crippen molar-refractivity contribution in [1.82, 2.24) is 0 Å². The van der Waals surface area contributed by atoms with Crippen LogP contribution in [0.3, 0.4) is 0 Å². The molecule has 0 aromatic heterocycles. The molecular formula is C8H8ClI. The Balaban J connectivity index is 3.04. The summed E-state index contributed by atoms with van der Waals surface area (Å²) in [5, 5.41) is 0.845. The molecule has 0 aliphatic heterocycles. The lowest BCUT2D eigenvalue weighted by molar-refractivity contribution is 1.14. The second kappa shape index (κ2) is 3.58. The molecular weight excluding hydrogens is 258 g/mol. The maximum atomic E-state index is 5.83. The zero-order valence-corrected chi connectivity index (χ0v) is 8.61. The number of hydrogen-bond acceptors (Lipinski definition) is 0. The topological polar surface area (TPSA) is 0 Å². The molecule has 0 aliphatic rings. The summed E-state index contributed by atoms with van der Waals surface area (Å²) in [6.45, 7) is 2.14. The van der Waals surface area contributed by atoms with Crippen molar-refractivity contribution in [3.05, 3.63) is 32.4 Å². The maximum Gasteiger partial charge on any atom is 0.0539 e. The van der Waals surface area contributed by atoms with Gasteiger partial charge in [-0.15, -0.1) is 0 Å². The zero-order chi connectivity index (χ0) is 7.56. The molecule has 2 heteroatoms. The lowest BCUT2D eigenvalue weighted by Gasteiger charge is -1.98. The lowest BCUT2D eigenvalue weighted by Crippen LogP contribution is -1.81. The van der Waals surface area contributed by atoms with E-state index in [0.29, 0.717) is 0 Å². The Hall–Kier alpha value is 0.240. The van der Waals surface area contributed by atoms with Crippen molar-refractivity contribution in [2.75, 3.05) is 0 Å². The Morgan fingerprint density at radius 3 is 2.70 bits per heavy atom. The van der Waals surface area contributed by atoms with Gasteiger partial charge in [-0.05, 0) is 46.7 Å². The first-order valence-electron chi connectivity index (χ1n) is 3.18. The van der Waals surface area contributed by atoms with E-state index in [4.69, 9.17) is 11.6 Å². The zero-order valence-electron chi connectivity index (χ0n) is 5.70. The Kier molecular flexibility index (Phi) is 2.98. The first-order chi connectivity index (χ1) is 4.74. The molecule has 0 fully saturated rings. The van der Waals surface area contributed by atoms with E-state index in [9.17, 15) is 0 Å². The van der Waals surface area contributed by atoms with E-state index in [1.165, 1.54) is 5.56 Å². The first-order valence-corrected chi connectivity index (χ1v) is 4.63. The largest absolute Gasteiger partial charge is 0.0832 e. The van der Waals surface area contributed by atoms with Gasteiger partial charge >= 0.3 is 0 Å². The van der Waals surface area contributed by atoms with E-state index in [1.54, 1.807) is 0 Å². The summed E-state index contributed by atoms with van der Waals surface area (Å²) in [5.74, 6) is 0. The van der Waals surface area contributed by atoms with Crippen molar-refractivity contribution in [3.63, 3.8) is 0 Å². The highest BCUT2D eigenvalue weighted by Crippen LogP contribution is 2.19. The smallest absolute Gasteiger partial charge is 0.0539 e. The van der Waals surface area contributed by atoms with Crippen LogP contribution in [-0.2, 0) is 6.42 Å². The van der Waals surface area contributed by atoms with E-state index in [0.717, 1.165) is 15.0 Å². The van der Waals surface area contributed by atoms with Crippen LogP contribution in [-0.4, -0.2) is 0 Å². The molecule has 0 unspecified atom stereocenters. The van der Waals surface area contributed by atoms with Crippen molar-refractivity contribution >= 4 is 34.2 Å². The van der Waals surface area contributed by atoms with Crippen LogP contribution in [0.1, 0.15) is 12.5 Å². The number of halogens is 2. The van der Waals surface area contributed by atoms with Crippen molar-refractivity contribution in [2.45, 2.75) is 13.3 Å². The third kappa shape index (κ3) is 1.86. The molecule has 1 aromatic carbocycles. The second-order valence-electron chi connectivity index (χ2n) is 2.10. The van der Waals surface area contributed by atoms with Crippen LogP contribution >= 0.6 is 34.2 Å². The minimum atomic E-state index is 0.845. The van der Waals surface area contributed by atoms with Gasteiger partial charge < -0.3 is 0 Å². The van der Waals surface area contributed by atoms with Crippen molar-refractivity contribution in [1.29, 1.82) is 0 Å². The molecule has 54 valence electrons. The summed E-state index contributed by atoms with van der Waals surface area (Å²) in [6.07, 6.45) is 1.08. The third-order valence-corrected chi connectivity index (χ3v) is 2.93. The number of rotatable bonds is 1. The maximum absolute atomic E-state index is 5.83. The summed E-state index contributed by atoms with van der Waals surface area (Å²) in [7, 11) is 0. The average Bonchev–Trinajstić information content (AvgIpc) is 1.95. The SMILES string of the molecule is CCc1ccc(Cl)c(I)c1. The number of benzene rings is 1. The highest BCUT2D eigenvalue weighted by Gasteiger charge is 1.95. The molecule has 0 saturated carbocycles. The fraction of sp³-hybridized carbons (Fsp3) is 0.250. The predicted octanol–water partition coefficient (Wildman–Crippen LogP) is 3.51. The van der Waals surface area contributed by atoms with Gasteiger partial charge in [0.1, 0.15) is 0 Å². The average molecular weight is 267 g/mol. The van der Waals surface area contributed by atoms with Crippen LogP contribution in [0, 0.1) is 3.57 Å². The van der Waals surface area contributed by atoms with E-state index in [1.807, 2.05) is 6.07 Å². The number of aryl methyl sites for hydroxylation is 1. The molecule has 1 aromatic rings. The highest BCUT2D eigenvalue weighted by molar-refractivity contribution is 14.1. The Bertz CT molecular complexity index is 233. The van der Waals surface area contributed by atoms with Crippen LogP contribution < -0.4 is 0 Å². The monoisotopic (exact) mass is 266 g/mol. The molecule has 1 rings (SSSR count). The van der Waals surface area contributed by atoms with Gasteiger partial charge in [0.2, 0.25) is 0 Å². The summed E-state index contributed by atoms with van der Waals surface area (Å²) >= 11 is 8.07. The van der Waals surface area contributed by atoms with E-state index >= 15 is 0 Å². The van der Waals surface area contributed by atoms with Crippen molar-refractivity contribution in [2.24, 2.45) is 0 Å². The van der Waals surface area contributed by atoms with Crippen LogP contribution in [0.4, 0.5) is 0 Å². The van der Waals surface area contributed by atoms with Crippen molar-refractivity contribution in [3.8, 4) is 0 Å². The molecule has 0 amide bonds. The fourth-order valence-corrected chi connectivity index (χ4v) is 1.46. The molecule has 0 spiro atoms. The normalized spacial score (nSPS) is 9.90. The molecule has 0 radical (unpaired) electrons. The molecule has 10 heavy (non-hydrogen) atoms. The van der Waals surface area contributed by atoms with E-state index in [2.05, 4.69) is 41.6 Å². The summed E-state index contributed by atoms with van der Waals surface area (Å²) in [4.78, 5) is 0. The summed E-state index contributed by atoms with van der Waals surface area (Å²) < 4.78 is 1.14. The van der Waals surface area contributed by atoms with E-state index in [-0.39, 0.29) is 0 Å². The van der Waals surface area contributed by atoms with Crippen molar-refractivity contribution < 1.29 is 0 Å². The summed E-state index contributed by atoms with van der Waals surface area (Å²) in [5.41, 5.74) is 1.34. The molecule has 0 bridgehead atoms. The van der Waals surface area contributed by atoms with Crippen LogP contribution in [0.25, 0.3) is 0 Å². The number of hydrogen-bond donors (Lipinski definition) is 0. The Labute approximate surface area is 79.7 Å². The molecule has 0 N–H and O–H groups in total.